The quantitative estimate of drug-likeness (QED) is 0.808. The number of carbonyl (C=O) groups excluding carboxylic acids is 1. The van der Waals surface area contributed by atoms with Crippen molar-refractivity contribution in [2.75, 3.05) is 13.6 Å². The molecule has 2 rings (SSSR count). The van der Waals surface area contributed by atoms with Crippen molar-refractivity contribution < 1.29 is 14.7 Å². The van der Waals surface area contributed by atoms with E-state index in [9.17, 15) is 9.59 Å². The first-order chi connectivity index (χ1) is 11.5. The van der Waals surface area contributed by atoms with Gasteiger partial charge in [0.15, 0.2) is 0 Å². The molecule has 0 atom stereocenters. The van der Waals surface area contributed by atoms with Crippen LogP contribution in [0, 0.1) is 0 Å². The van der Waals surface area contributed by atoms with Gasteiger partial charge in [0.1, 0.15) is 5.82 Å². The summed E-state index contributed by atoms with van der Waals surface area (Å²) in [6.45, 7) is 3.71. The lowest BCUT2D eigenvalue weighted by atomic mass is 10.1. The van der Waals surface area contributed by atoms with Gasteiger partial charge in [0, 0.05) is 44.5 Å². The van der Waals surface area contributed by atoms with Gasteiger partial charge in [-0.15, -0.1) is 0 Å². The minimum Gasteiger partial charge on any atom is -0.478 e. The van der Waals surface area contributed by atoms with Gasteiger partial charge in [0.2, 0.25) is 0 Å². The molecule has 0 radical (unpaired) electrons. The van der Waals surface area contributed by atoms with Crippen LogP contribution in [0.15, 0.2) is 36.7 Å². The Labute approximate surface area is 141 Å². The lowest BCUT2D eigenvalue weighted by Crippen LogP contribution is -2.28. The van der Waals surface area contributed by atoms with Gasteiger partial charge >= 0.3 is 5.97 Å². The Morgan fingerprint density at radius 1 is 1.21 bits per heavy atom. The number of hydrogen-bond donors (Lipinski definition) is 1. The van der Waals surface area contributed by atoms with Crippen molar-refractivity contribution >= 4 is 11.9 Å². The zero-order valence-electron chi connectivity index (χ0n) is 14.1. The van der Waals surface area contributed by atoms with Crippen molar-refractivity contribution in [1.82, 2.24) is 14.5 Å². The second kappa shape index (κ2) is 8.29. The highest BCUT2D eigenvalue weighted by molar-refractivity contribution is 5.95. The van der Waals surface area contributed by atoms with Crippen LogP contribution in [0.4, 0.5) is 0 Å². The van der Waals surface area contributed by atoms with Crippen LogP contribution in [-0.2, 0) is 13.0 Å². The highest BCUT2D eigenvalue weighted by Gasteiger charge is 2.13. The number of hydrogen-bond acceptors (Lipinski definition) is 3. The van der Waals surface area contributed by atoms with Gasteiger partial charge in [-0.2, -0.15) is 0 Å². The Hall–Kier alpha value is -2.63. The monoisotopic (exact) mass is 329 g/mol. The van der Waals surface area contributed by atoms with Gasteiger partial charge in [-0.1, -0.05) is 6.92 Å². The standard InChI is InChI=1S/C18H23N3O3/c1-3-11-21-13-10-19-16(21)5-4-12-20(2)17(22)14-6-8-15(9-7-14)18(23)24/h6-10,13H,3-5,11-12H2,1-2H3,(H,23,24). The molecule has 6 nitrogen and oxygen atoms in total. The number of nitrogens with zero attached hydrogens (tertiary/aromatic N) is 3. The molecule has 1 aromatic carbocycles. The number of imidazole rings is 1. The van der Waals surface area contributed by atoms with E-state index < -0.39 is 5.97 Å². The highest BCUT2D eigenvalue weighted by atomic mass is 16.4. The van der Waals surface area contributed by atoms with E-state index in [4.69, 9.17) is 5.11 Å². The van der Waals surface area contributed by atoms with Crippen LogP contribution in [0.5, 0.6) is 0 Å². The maximum Gasteiger partial charge on any atom is 0.335 e. The van der Waals surface area contributed by atoms with Crippen LogP contribution in [0.2, 0.25) is 0 Å². The topological polar surface area (TPSA) is 75.4 Å². The van der Waals surface area contributed by atoms with E-state index in [0.717, 1.165) is 31.6 Å². The molecule has 128 valence electrons. The second-order valence-corrected chi connectivity index (χ2v) is 5.75. The zero-order valence-corrected chi connectivity index (χ0v) is 14.1. The normalized spacial score (nSPS) is 10.6. The Kier molecular flexibility index (Phi) is 6.12. The molecule has 0 spiro atoms. The van der Waals surface area contributed by atoms with E-state index in [1.54, 1.807) is 24.1 Å². The molecule has 0 aliphatic carbocycles. The lowest BCUT2D eigenvalue weighted by Gasteiger charge is -2.17. The number of carbonyl (C=O) groups is 2. The summed E-state index contributed by atoms with van der Waals surface area (Å²) in [5.41, 5.74) is 0.673. The predicted octanol–water partition coefficient (Wildman–Crippen LogP) is 2.70. The highest BCUT2D eigenvalue weighted by Crippen LogP contribution is 2.09. The maximum absolute atomic E-state index is 12.3. The maximum atomic E-state index is 12.3. The number of benzene rings is 1. The predicted molar refractivity (Wildman–Crippen MR) is 91.2 cm³/mol. The first-order valence-corrected chi connectivity index (χ1v) is 8.11. The molecule has 6 heteroatoms. The number of carboxylic acids is 1. The van der Waals surface area contributed by atoms with Crippen molar-refractivity contribution in [2.45, 2.75) is 32.7 Å². The SMILES string of the molecule is CCCn1ccnc1CCCN(C)C(=O)c1ccc(C(=O)O)cc1. The average molecular weight is 329 g/mol. The molecular weight excluding hydrogens is 306 g/mol. The van der Waals surface area contributed by atoms with Crippen molar-refractivity contribution in [3.8, 4) is 0 Å². The largest absolute Gasteiger partial charge is 0.478 e. The van der Waals surface area contributed by atoms with Crippen LogP contribution in [0.1, 0.15) is 46.3 Å². The fourth-order valence-corrected chi connectivity index (χ4v) is 2.56. The second-order valence-electron chi connectivity index (χ2n) is 5.75. The third-order valence-electron chi connectivity index (χ3n) is 3.89. The molecule has 0 fully saturated rings. The Morgan fingerprint density at radius 2 is 1.88 bits per heavy atom. The van der Waals surface area contributed by atoms with Crippen molar-refractivity contribution in [3.05, 3.63) is 53.6 Å². The summed E-state index contributed by atoms with van der Waals surface area (Å²) in [4.78, 5) is 29.2. The zero-order chi connectivity index (χ0) is 17.5. The van der Waals surface area contributed by atoms with Gasteiger partial charge in [-0.25, -0.2) is 9.78 Å². The summed E-state index contributed by atoms with van der Waals surface area (Å²) >= 11 is 0. The van der Waals surface area contributed by atoms with Gasteiger partial charge in [-0.3, -0.25) is 4.79 Å². The Balaban J connectivity index is 1.87. The van der Waals surface area contributed by atoms with E-state index in [-0.39, 0.29) is 11.5 Å². The number of aromatic nitrogens is 2. The van der Waals surface area contributed by atoms with Crippen LogP contribution in [0.25, 0.3) is 0 Å². The average Bonchev–Trinajstić information content (AvgIpc) is 3.02. The van der Waals surface area contributed by atoms with Gasteiger partial charge in [-0.05, 0) is 37.1 Å². The van der Waals surface area contributed by atoms with E-state index in [1.807, 2.05) is 12.4 Å². The van der Waals surface area contributed by atoms with E-state index >= 15 is 0 Å². The molecule has 0 saturated carbocycles. The van der Waals surface area contributed by atoms with Crippen molar-refractivity contribution in [3.63, 3.8) is 0 Å². The molecule has 1 amide bonds. The summed E-state index contributed by atoms with van der Waals surface area (Å²) < 4.78 is 2.15. The molecule has 2 aromatic rings. The van der Waals surface area contributed by atoms with E-state index in [2.05, 4.69) is 16.5 Å². The van der Waals surface area contributed by atoms with Gasteiger partial charge in [0.25, 0.3) is 5.91 Å². The van der Waals surface area contributed by atoms with Gasteiger partial charge < -0.3 is 14.6 Å². The molecule has 24 heavy (non-hydrogen) atoms. The van der Waals surface area contributed by atoms with Crippen LogP contribution in [-0.4, -0.2) is 45.0 Å². The minimum absolute atomic E-state index is 0.108. The lowest BCUT2D eigenvalue weighted by molar-refractivity contribution is 0.0695. The van der Waals surface area contributed by atoms with E-state index in [1.165, 1.54) is 12.1 Å². The van der Waals surface area contributed by atoms with Crippen molar-refractivity contribution in [1.29, 1.82) is 0 Å². The minimum atomic E-state index is -0.995. The number of aromatic carboxylic acids is 1. The molecule has 1 N–H and O–H groups in total. The van der Waals surface area contributed by atoms with Gasteiger partial charge in [0.05, 0.1) is 5.56 Å². The third kappa shape index (κ3) is 4.44. The molecule has 1 aromatic heterocycles. The fourth-order valence-electron chi connectivity index (χ4n) is 2.56. The number of amides is 1. The molecule has 0 bridgehead atoms. The molecule has 0 aliphatic rings. The number of aryl methyl sites for hydroxylation is 2. The number of carboxylic acid groups (broad SMARTS) is 1. The summed E-state index contributed by atoms with van der Waals surface area (Å²) in [6, 6.07) is 6.00. The summed E-state index contributed by atoms with van der Waals surface area (Å²) in [6.07, 6.45) is 6.51. The summed E-state index contributed by atoms with van der Waals surface area (Å²) in [5.74, 6) is -0.0581. The first kappa shape index (κ1) is 17.7. The van der Waals surface area contributed by atoms with E-state index in [0.29, 0.717) is 12.1 Å². The number of rotatable bonds is 8. The third-order valence-corrected chi connectivity index (χ3v) is 3.89. The summed E-state index contributed by atoms with van der Waals surface area (Å²) in [5, 5.41) is 8.89. The molecule has 1 heterocycles. The van der Waals surface area contributed by atoms with Crippen molar-refractivity contribution in [2.24, 2.45) is 0 Å². The van der Waals surface area contributed by atoms with Crippen LogP contribution >= 0.6 is 0 Å². The molecule has 0 unspecified atom stereocenters. The van der Waals surface area contributed by atoms with Crippen LogP contribution in [0.3, 0.4) is 0 Å². The Morgan fingerprint density at radius 3 is 2.50 bits per heavy atom. The molecule has 0 saturated heterocycles. The smallest absolute Gasteiger partial charge is 0.335 e. The Bertz CT molecular complexity index is 692. The van der Waals surface area contributed by atoms with Crippen LogP contribution < -0.4 is 0 Å². The molecule has 0 aliphatic heterocycles. The summed E-state index contributed by atoms with van der Waals surface area (Å²) in [7, 11) is 1.76. The molecular formula is C18H23N3O3. The first-order valence-electron chi connectivity index (χ1n) is 8.11. The fraction of sp³-hybridized carbons (Fsp3) is 0.389.